The normalized spacial score (nSPS) is 15.0. The number of likely N-dealkylation sites (tertiary alicyclic amines) is 1. The molecule has 3 aromatic rings. The molecule has 34 heavy (non-hydrogen) atoms. The summed E-state index contributed by atoms with van der Waals surface area (Å²) >= 11 is 0. The van der Waals surface area contributed by atoms with Crippen LogP contribution in [0, 0.1) is 5.82 Å². The monoisotopic (exact) mass is 481 g/mol. The van der Waals surface area contributed by atoms with E-state index in [1.807, 2.05) is 18.3 Å². The van der Waals surface area contributed by atoms with Crippen molar-refractivity contribution in [2.75, 3.05) is 26.4 Å². The molecule has 0 unspecified atom stereocenters. The fourth-order valence-electron chi connectivity index (χ4n) is 4.29. The summed E-state index contributed by atoms with van der Waals surface area (Å²) in [4.78, 5) is 21.6. The summed E-state index contributed by atoms with van der Waals surface area (Å²) in [5.41, 5.74) is 3.12. The first kappa shape index (κ1) is 24.0. The van der Waals surface area contributed by atoms with Crippen LogP contribution in [0.5, 0.6) is 0 Å². The molecule has 2 heterocycles. The lowest BCUT2D eigenvalue weighted by Crippen LogP contribution is -2.45. The molecule has 0 N–H and O–H groups in total. The van der Waals surface area contributed by atoms with Crippen molar-refractivity contribution in [3.05, 3.63) is 83.8 Å². The van der Waals surface area contributed by atoms with Gasteiger partial charge in [-0.05, 0) is 61.9 Å². The molecule has 1 aromatic heterocycles. The molecule has 1 amide bonds. The second kappa shape index (κ2) is 10.0. The van der Waals surface area contributed by atoms with Crippen LogP contribution in [0.1, 0.15) is 28.8 Å². The maximum absolute atomic E-state index is 13.4. The summed E-state index contributed by atoms with van der Waals surface area (Å²) in [6.07, 6.45) is 4.75. The van der Waals surface area contributed by atoms with Gasteiger partial charge < -0.3 is 4.90 Å². The Morgan fingerprint density at radius 2 is 1.79 bits per heavy atom. The number of hydrogen-bond acceptors (Lipinski definition) is 5. The van der Waals surface area contributed by atoms with Crippen molar-refractivity contribution in [2.45, 2.75) is 30.3 Å². The molecule has 1 saturated heterocycles. The van der Waals surface area contributed by atoms with Crippen LogP contribution in [0.4, 0.5) is 4.39 Å². The lowest BCUT2D eigenvalue weighted by Gasteiger charge is -2.36. The van der Waals surface area contributed by atoms with Crippen molar-refractivity contribution < 1.29 is 17.6 Å². The molecule has 8 heteroatoms. The van der Waals surface area contributed by atoms with Crippen molar-refractivity contribution >= 4 is 15.7 Å². The largest absolute Gasteiger partial charge is 0.339 e. The van der Waals surface area contributed by atoms with Crippen LogP contribution >= 0.6 is 0 Å². The van der Waals surface area contributed by atoms with Gasteiger partial charge >= 0.3 is 0 Å². The molecular formula is C26H28FN3O3S. The van der Waals surface area contributed by atoms with E-state index >= 15 is 0 Å². The van der Waals surface area contributed by atoms with E-state index in [0.29, 0.717) is 24.7 Å². The minimum atomic E-state index is -3.22. The van der Waals surface area contributed by atoms with E-state index in [0.717, 1.165) is 36.2 Å². The van der Waals surface area contributed by atoms with E-state index in [1.54, 1.807) is 41.3 Å². The highest BCUT2D eigenvalue weighted by molar-refractivity contribution is 7.90. The van der Waals surface area contributed by atoms with Gasteiger partial charge in [0, 0.05) is 49.3 Å². The Bertz CT molecular complexity index is 1250. The lowest BCUT2D eigenvalue weighted by atomic mass is 10.0. The molecule has 1 aliphatic heterocycles. The van der Waals surface area contributed by atoms with Crippen LogP contribution in [0.3, 0.4) is 0 Å². The van der Waals surface area contributed by atoms with Crippen LogP contribution < -0.4 is 0 Å². The molecular weight excluding hydrogens is 453 g/mol. The highest BCUT2D eigenvalue weighted by Crippen LogP contribution is 2.22. The van der Waals surface area contributed by atoms with Crippen molar-refractivity contribution in [1.82, 2.24) is 14.8 Å². The van der Waals surface area contributed by atoms with Gasteiger partial charge in [0.15, 0.2) is 9.84 Å². The predicted octanol–water partition coefficient (Wildman–Crippen LogP) is 4.03. The zero-order valence-electron chi connectivity index (χ0n) is 19.3. The standard InChI is InChI=1S/C26H28FN3O3S/c1-29(23-12-14-30(15-13-23)26(31)21-4-3-5-22(27)16-21)18-19-6-11-25(28-17-19)20-7-9-24(10-8-20)34(2,32)33/h3-11,16-17,23H,12-15,18H2,1-2H3. The van der Waals surface area contributed by atoms with Gasteiger partial charge in [0.05, 0.1) is 10.6 Å². The van der Waals surface area contributed by atoms with Crippen molar-refractivity contribution in [1.29, 1.82) is 0 Å². The Hall–Kier alpha value is -3.10. The number of aromatic nitrogens is 1. The number of pyridine rings is 1. The topological polar surface area (TPSA) is 70.6 Å². The van der Waals surface area contributed by atoms with Gasteiger partial charge in [-0.15, -0.1) is 0 Å². The zero-order valence-corrected chi connectivity index (χ0v) is 20.1. The Morgan fingerprint density at radius 1 is 1.09 bits per heavy atom. The van der Waals surface area contributed by atoms with Gasteiger partial charge in [-0.25, -0.2) is 12.8 Å². The molecule has 0 saturated carbocycles. The maximum atomic E-state index is 13.4. The maximum Gasteiger partial charge on any atom is 0.253 e. The summed E-state index contributed by atoms with van der Waals surface area (Å²) in [5, 5.41) is 0. The third-order valence-corrected chi connectivity index (χ3v) is 7.41. The van der Waals surface area contributed by atoms with Gasteiger partial charge in [0.1, 0.15) is 5.82 Å². The van der Waals surface area contributed by atoms with Gasteiger partial charge in [-0.3, -0.25) is 14.7 Å². The second-order valence-electron chi connectivity index (χ2n) is 8.80. The van der Waals surface area contributed by atoms with Gasteiger partial charge in [0.2, 0.25) is 0 Å². The Kier molecular flexibility index (Phi) is 7.09. The third-order valence-electron chi connectivity index (χ3n) is 6.28. The first-order valence-electron chi connectivity index (χ1n) is 11.2. The summed E-state index contributed by atoms with van der Waals surface area (Å²) in [6.45, 7) is 2.03. The fourth-order valence-corrected chi connectivity index (χ4v) is 4.92. The number of benzene rings is 2. The molecule has 1 aliphatic rings. The number of nitrogens with zero attached hydrogens (tertiary/aromatic N) is 3. The number of sulfone groups is 1. The van der Waals surface area contributed by atoms with Gasteiger partial charge in [-0.2, -0.15) is 0 Å². The van der Waals surface area contributed by atoms with E-state index in [-0.39, 0.29) is 10.8 Å². The van der Waals surface area contributed by atoms with E-state index < -0.39 is 15.7 Å². The molecule has 2 aromatic carbocycles. The summed E-state index contributed by atoms with van der Waals surface area (Å²) in [5.74, 6) is -0.518. The number of amides is 1. The first-order chi connectivity index (χ1) is 16.2. The predicted molar refractivity (Wildman–Crippen MR) is 130 cm³/mol. The van der Waals surface area contributed by atoms with Crippen LogP contribution in [0.25, 0.3) is 11.3 Å². The lowest BCUT2D eigenvalue weighted by molar-refractivity contribution is 0.0639. The van der Waals surface area contributed by atoms with Crippen molar-refractivity contribution in [3.63, 3.8) is 0 Å². The molecule has 6 nitrogen and oxygen atoms in total. The average molecular weight is 482 g/mol. The molecule has 1 fully saturated rings. The first-order valence-corrected chi connectivity index (χ1v) is 13.1. The number of halogens is 1. The number of carbonyl (C=O) groups excluding carboxylic acids is 1. The summed E-state index contributed by atoms with van der Waals surface area (Å²) in [7, 11) is -1.14. The van der Waals surface area contributed by atoms with E-state index in [4.69, 9.17) is 0 Å². The number of hydrogen-bond donors (Lipinski definition) is 0. The minimum absolute atomic E-state index is 0.120. The summed E-state index contributed by atoms with van der Waals surface area (Å²) in [6, 6.07) is 16.9. The SMILES string of the molecule is CN(Cc1ccc(-c2ccc(S(C)(=O)=O)cc2)nc1)C1CCN(C(=O)c2cccc(F)c2)CC1. The fraction of sp³-hybridized carbons (Fsp3) is 0.308. The van der Waals surface area contributed by atoms with Gasteiger partial charge in [-0.1, -0.05) is 24.3 Å². The average Bonchev–Trinajstić information content (AvgIpc) is 2.84. The smallest absolute Gasteiger partial charge is 0.253 e. The van der Waals surface area contributed by atoms with E-state index in [2.05, 4.69) is 16.9 Å². The molecule has 0 aliphatic carbocycles. The molecule has 4 rings (SSSR count). The summed E-state index contributed by atoms with van der Waals surface area (Å²) < 4.78 is 36.7. The molecule has 0 bridgehead atoms. The van der Waals surface area contributed by atoms with E-state index in [9.17, 15) is 17.6 Å². The van der Waals surface area contributed by atoms with Crippen LogP contribution in [-0.4, -0.2) is 61.5 Å². The quantitative estimate of drug-likeness (QED) is 0.532. The van der Waals surface area contributed by atoms with Crippen LogP contribution in [0.15, 0.2) is 71.8 Å². The molecule has 178 valence electrons. The Labute approximate surface area is 200 Å². The van der Waals surface area contributed by atoms with Crippen molar-refractivity contribution in [3.8, 4) is 11.3 Å². The zero-order chi connectivity index (χ0) is 24.3. The highest BCUT2D eigenvalue weighted by atomic mass is 32.2. The van der Waals surface area contributed by atoms with E-state index in [1.165, 1.54) is 18.4 Å². The Balaban J connectivity index is 1.32. The molecule has 0 atom stereocenters. The minimum Gasteiger partial charge on any atom is -0.339 e. The highest BCUT2D eigenvalue weighted by Gasteiger charge is 2.26. The molecule has 0 spiro atoms. The molecule has 0 radical (unpaired) electrons. The van der Waals surface area contributed by atoms with Crippen molar-refractivity contribution in [2.24, 2.45) is 0 Å². The van der Waals surface area contributed by atoms with Crippen LogP contribution in [0.2, 0.25) is 0 Å². The number of piperidine rings is 1. The van der Waals surface area contributed by atoms with Gasteiger partial charge in [0.25, 0.3) is 5.91 Å². The number of carbonyl (C=O) groups is 1. The number of rotatable bonds is 6. The van der Waals surface area contributed by atoms with Crippen LogP contribution in [-0.2, 0) is 16.4 Å². The second-order valence-corrected chi connectivity index (χ2v) is 10.8. The third kappa shape index (κ3) is 5.69. The Morgan fingerprint density at radius 3 is 2.38 bits per heavy atom.